The minimum atomic E-state index is 0.0342. The molecule has 0 spiro atoms. The molecule has 0 aromatic rings. The average molecular weight is 177 g/mol. The number of hydrogen-bond donors (Lipinski definition) is 1. The molecule has 0 aromatic carbocycles. The molecule has 0 saturated heterocycles. The molecule has 0 aromatic heterocycles. The zero-order valence-electron chi connectivity index (χ0n) is 8.34. The Balaban J connectivity index is 2.34. The van der Waals surface area contributed by atoms with Crippen molar-refractivity contribution in [2.75, 3.05) is 6.54 Å². The first-order valence-corrected chi connectivity index (χ1v) is 4.84. The Morgan fingerprint density at radius 2 is 2.54 bits per heavy atom. The molecular formula is C10H16BNO. The molecule has 1 atom stereocenters. The Bertz CT molecular complexity index is 245. The molecule has 0 saturated carbocycles. The van der Waals surface area contributed by atoms with Crippen LogP contribution in [0, 0.1) is 5.92 Å². The van der Waals surface area contributed by atoms with Crippen molar-refractivity contribution in [2.45, 2.75) is 26.7 Å². The van der Waals surface area contributed by atoms with E-state index in [-0.39, 0.29) is 5.91 Å². The maximum absolute atomic E-state index is 10.6. The minimum absolute atomic E-state index is 0.0342. The summed E-state index contributed by atoms with van der Waals surface area (Å²) >= 11 is 0. The van der Waals surface area contributed by atoms with Crippen LogP contribution in [0.1, 0.15) is 26.7 Å². The van der Waals surface area contributed by atoms with E-state index >= 15 is 0 Å². The Hall–Kier alpha value is -0.855. The molecule has 1 unspecified atom stereocenters. The van der Waals surface area contributed by atoms with Gasteiger partial charge in [-0.25, -0.2) is 0 Å². The summed E-state index contributed by atoms with van der Waals surface area (Å²) in [6.45, 7) is 6.53. The van der Waals surface area contributed by atoms with E-state index < -0.39 is 0 Å². The molecule has 1 amide bonds. The van der Waals surface area contributed by atoms with E-state index in [0.29, 0.717) is 12.5 Å². The molecule has 1 N–H and O–H groups in total. The van der Waals surface area contributed by atoms with Gasteiger partial charge in [0.1, 0.15) is 0 Å². The second kappa shape index (κ2) is 5.00. The predicted octanol–water partition coefficient (Wildman–Crippen LogP) is 0.943. The molecule has 0 fully saturated rings. The molecule has 70 valence electrons. The zero-order chi connectivity index (χ0) is 9.68. The molecule has 13 heavy (non-hydrogen) atoms. The van der Waals surface area contributed by atoms with Crippen molar-refractivity contribution in [3.05, 3.63) is 11.5 Å². The van der Waals surface area contributed by atoms with Crippen LogP contribution in [-0.2, 0) is 4.79 Å². The van der Waals surface area contributed by atoms with Gasteiger partial charge in [0.05, 0.1) is 0 Å². The monoisotopic (exact) mass is 177 g/mol. The summed E-state index contributed by atoms with van der Waals surface area (Å²) < 4.78 is 0. The van der Waals surface area contributed by atoms with Crippen LogP contribution in [0.15, 0.2) is 11.5 Å². The van der Waals surface area contributed by atoms with Crippen LogP contribution in [-0.4, -0.2) is 25.3 Å². The molecule has 1 rings (SSSR count). The number of hydrogen-bond acceptors (Lipinski definition) is 1. The van der Waals surface area contributed by atoms with Crippen LogP contribution in [0.5, 0.6) is 0 Å². The van der Waals surface area contributed by atoms with Gasteiger partial charge in [0.25, 0.3) is 0 Å². The van der Waals surface area contributed by atoms with Gasteiger partial charge in [-0.3, -0.25) is 0 Å². The van der Waals surface area contributed by atoms with Crippen LogP contribution in [0.4, 0.5) is 0 Å². The number of nitrogens with one attached hydrogen (secondary N) is 1. The first-order valence-electron chi connectivity index (χ1n) is 4.84. The van der Waals surface area contributed by atoms with Gasteiger partial charge >= 0.3 is 79.6 Å². The summed E-state index contributed by atoms with van der Waals surface area (Å²) in [5.41, 5.74) is 1.22. The molecule has 1 aliphatic rings. The van der Waals surface area contributed by atoms with E-state index in [0.717, 1.165) is 6.42 Å². The Kier molecular flexibility index (Phi) is 3.93. The summed E-state index contributed by atoms with van der Waals surface area (Å²) in [5.74, 6) is 2.96. The first kappa shape index (κ1) is 10.2. The molecule has 2 nitrogen and oxygen atoms in total. The number of carbonyl (C=O) groups excluding carboxylic acids is 1. The zero-order valence-corrected chi connectivity index (χ0v) is 8.34. The van der Waals surface area contributed by atoms with Crippen molar-refractivity contribution >= 4 is 18.8 Å². The quantitative estimate of drug-likeness (QED) is 0.638. The van der Waals surface area contributed by atoms with Crippen molar-refractivity contribution < 1.29 is 4.79 Å². The van der Waals surface area contributed by atoms with Gasteiger partial charge in [-0.1, -0.05) is 0 Å². The molecule has 3 heteroatoms. The molecule has 0 radical (unpaired) electrons. The van der Waals surface area contributed by atoms with Crippen molar-refractivity contribution in [1.29, 1.82) is 0 Å². The Morgan fingerprint density at radius 1 is 1.77 bits per heavy atom. The SMILES string of the molecule is CCC1C=BC(CNC(C)=O)=CC1. The predicted molar refractivity (Wildman–Crippen MR) is 57.0 cm³/mol. The summed E-state index contributed by atoms with van der Waals surface area (Å²) in [5, 5.41) is 2.79. The van der Waals surface area contributed by atoms with Crippen molar-refractivity contribution in [3.63, 3.8) is 0 Å². The number of amides is 1. The van der Waals surface area contributed by atoms with E-state index in [1.807, 2.05) is 0 Å². The van der Waals surface area contributed by atoms with Gasteiger partial charge in [0.15, 0.2) is 0 Å². The topological polar surface area (TPSA) is 29.1 Å². The van der Waals surface area contributed by atoms with Gasteiger partial charge in [0.2, 0.25) is 0 Å². The fraction of sp³-hybridized carbons (Fsp3) is 0.600. The van der Waals surface area contributed by atoms with Crippen molar-refractivity contribution in [2.24, 2.45) is 5.92 Å². The number of rotatable bonds is 3. The standard InChI is InChI=1S/C10H16BNO/c1-3-9-4-5-10(11-6-9)7-12-8(2)13/h5-6,9H,3-4,7H2,1-2H3,(H,12,13). The van der Waals surface area contributed by atoms with E-state index in [9.17, 15) is 4.79 Å². The van der Waals surface area contributed by atoms with Crippen LogP contribution in [0.25, 0.3) is 0 Å². The van der Waals surface area contributed by atoms with E-state index in [2.05, 4.69) is 31.2 Å². The number of allylic oxidation sites excluding steroid dienone is 1. The molecule has 1 aliphatic heterocycles. The van der Waals surface area contributed by atoms with Crippen LogP contribution >= 0.6 is 0 Å². The van der Waals surface area contributed by atoms with Crippen LogP contribution in [0.2, 0.25) is 0 Å². The van der Waals surface area contributed by atoms with Crippen LogP contribution < -0.4 is 5.32 Å². The fourth-order valence-corrected chi connectivity index (χ4v) is 1.37. The van der Waals surface area contributed by atoms with Gasteiger partial charge in [-0.2, -0.15) is 0 Å². The van der Waals surface area contributed by atoms with E-state index in [1.165, 1.54) is 11.9 Å². The Labute approximate surface area is 80.3 Å². The van der Waals surface area contributed by atoms with Gasteiger partial charge in [-0.15, -0.1) is 0 Å². The Morgan fingerprint density at radius 3 is 3.00 bits per heavy atom. The third kappa shape index (κ3) is 3.58. The van der Waals surface area contributed by atoms with Gasteiger partial charge in [0, 0.05) is 0 Å². The maximum atomic E-state index is 10.6. The van der Waals surface area contributed by atoms with Crippen molar-refractivity contribution in [1.82, 2.24) is 5.32 Å². The summed E-state index contributed by atoms with van der Waals surface area (Å²) in [6, 6.07) is 0. The molecule has 0 aliphatic carbocycles. The third-order valence-corrected chi connectivity index (χ3v) is 2.33. The van der Waals surface area contributed by atoms with Crippen molar-refractivity contribution in [3.8, 4) is 0 Å². The second-order valence-corrected chi connectivity index (χ2v) is 3.45. The fourth-order valence-electron chi connectivity index (χ4n) is 1.37. The summed E-state index contributed by atoms with van der Waals surface area (Å²) in [6.07, 6.45) is 4.52. The number of carbonyl (C=O) groups is 1. The average Bonchev–Trinajstić information content (AvgIpc) is 2.15. The summed E-state index contributed by atoms with van der Waals surface area (Å²) in [7, 11) is 0. The third-order valence-electron chi connectivity index (χ3n) is 2.33. The van der Waals surface area contributed by atoms with Gasteiger partial charge in [-0.05, 0) is 0 Å². The summed E-state index contributed by atoms with van der Waals surface area (Å²) in [4.78, 5) is 10.6. The first-order chi connectivity index (χ1) is 6.22. The normalized spacial score (nSPS) is 20.5. The molecular weight excluding hydrogens is 161 g/mol. The van der Waals surface area contributed by atoms with E-state index in [1.54, 1.807) is 6.92 Å². The molecule has 1 heterocycles. The van der Waals surface area contributed by atoms with E-state index in [4.69, 9.17) is 0 Å². The molecule has 0 bridgehead atoms. The van der Waals surface area contributed by atoms with Crippen LogP contribution in [0.3, 0.4) is 0 Å². The second-order valence-electron chi connectivity index (χ2n) is 3.45. The van der Waals surface area contributed by atoms with Gasteiger partial charge < -0.3 is 0 Å².